The Labute approximate surface area is 125 Å². The van der Waals surface area contributed by atoms with Crippen LogP contribution in [0.15, 0.2) is 24.3 Å². The first-order chi connectivity index (χ1) is 9.63. The minimum atomic E-state index is -0.481. The standard InChI is InChI=1S/C13H13ClN2O3S/c1-18-9-5-3-8(4-6-9)7-15-13-16-11(14)10(20-13)12(17)19-2/h3-6H,7H2,1-2H3,(H,15,16). The van der Waals surface area contributed by atoms with Crippen molar-refractivity contribution in [3.8, 4) is 5.75 Å². The Hall–Kier alpha value is -1.79. The molecule has 0 atom stereocenters. The number of methoxy groups -OCH3 is 2. The third-order valence-corrected chi connectivity index (χ3v) is 3.94. The summed E-state index contributed by atoms with van der Waals surface area (Å²) in [4.78, 5) is 15.8. The van der Waals surface area contributed by atoms with Gasteiger partial charge in [-0.2, -0.15) is 0 Å². The van der Waals surface area contributed by atoms with Crippen LogP contribution in [0.4, 0.5) is 5.13 Å². The number of hydrogen-bond acceptors (Lipinski definition) is 6. The van der Waals surface area contributed by atoms with Gasteiger partial charge in [-0.3, -0.25) is 0 Å². The third-order valence-electron chi connectivity index (χ3n) is 2.56. The van der Waals surface area contributed by atoms with E-state index in [4.69, 9.17) is 16.3 Å². The second kappa shape index (κ2) is 6.58. The summed E-state index contributed by atoms with van der Waals surface area (Å²) in [5, 5.41) is 3.84. The van der Waals surface area contributed by atoms with E-state index in [2.05, 4.69) is 15.0 Å². The highest BCUT2D eigenvalue weighted by Gasteiger charge is 2.16. The van der Waals surface area contributed by atoms with E-state index in [0.717, 1.165) is 11.3 Å². The van der Waals surface area contributed by atoms with Crippen molar-refractivity contribution in [2.45, 2.75) is 6.54 Å². The van der Waals surface area contributed by atoms with Gasteiger partial charge in [-0.1, -0.05) is 35.1 Å². The highest BCUT2D eigenvalue weighted by atomic mass is 35.5. The fourth-order valence-corrected chi connectivity index (χ4v) is 2.62. The number of halogens is 1. The molecule has 0 saturated heterocycles. The monoisotopic (exact) mass is 312 g/mol. The first kappa shape index (κ1) is 14.6. The van der Waals surface area contributed by atoms with Crippen LogP contribution in [0, 0.1) is 0 Å². The Balaban J connectivity index is 2.01. The summed E-state index contributed by atoms with van der Waals surface area (Å²) in [6.07, 6.45) is 0. The Morgan fingerprint density at radius 3 is 2.65 bits per heavy atom. The van der Waals surface area contributed by atoms with Gasteiger partial charge in [-0.25, -0.2) is 9.78 Å². The zero-order valence-corrected chi connectivity index (χ0v) is 12.5. The van der Waals surface area contributed by atoms with Gasteiger partial charge in [-0.15, -0.1) is 0 Å². The molecule has 1 heterocycles. The maximum atomic E-state index is 11.4. The Morgan fingerprint density at radius 1 is 1.35 bits per heavy atom. The molecule has 2 aromatic rings. The van der Waals surface area contributed by atoms with Crippen molar-refractivity contribution in [1.82, 2.24) is 4.98 Å². The quantitative estimate of drug-likeness (QED) is 0.859. The van der Waals surface area contributed by atoms with E-state index in [1.807, 2.05) is 24.3 Å². The number of esters is 1. The van der Waals surface area contributed by atoms with Crippen LogP contribution in [0.2, 0.25) is 5.15 Å². The molecule has 1 aromatic carbocycles. The highest BCUT2D eigenvalue weighted by molar-refractivity contribution is 7.18. The van der Waals surface area contributed by atoms with Gasteiger partial charge in [0.25, 0.3) is 0 Å². The number of carbonyl (C=O) groups excluding carboxylic acids is 1. The lowest BCUT2D eigenvalue weighted by Crippen LogP contribution is -1.98. The average Bonchev–Trinajstić information content (AvgIpc) is 2.86. The van der Waals surface area contributed by atoms with Crippen molar-refractivity contribution in [2.75, 3.05) is 19.5 Å². The van der Waals surface area contributed by atoms with E-state index in [-0.39, 0.29) is 5.15 Å². The largest absolute Gasteiger partial charge is 0.497 e. The van der Waals surface area contributed by atoms with Gasteiger partial charge in [-0.05, 0) is 17.7 Å². The lowest BCUT2D eigenvalue weighted by Gasteiger charge is -2.04. The minimum Gasteiger partial charge on any atom is -0.497 e. The summed E-state index contributed by atoms with van der Waals surface area (Å²) in [5.74, 6) is 0.323. The molecule has 0 spiro atoms. The zero-order chi connectivity index (χ0) is 14.5. The SMILES string of the molecule is COC(=O)c1sc(NCc2ccc(OC)cc2)nc1Cl. The highest BCUT2D eigenvalue weighted by Crippen LogP contribution is 2.27. The van der Waals surface area contributed by atoms with Crippen molar-refractivity contribution in [2.24, 2.45) is 0 Å². The molecule has 0 saturated carbocycles. The van der Waals surface area contributed by atoms with Crippen molar-refractivity contribution >= 4 is 34.0 Å². The predicted molar refractivity (Wildman–Crippen MR) is 78.8 cm³/mol. The number of nitrogens with one attached hydrogen (secondary N) is 1. The van der Waals surface area contributed by atoms with Crippen molar-refractivity contribution in [3.05, 3.63) is 39.9 Å². The van der Waals surface area contributed by atoms with Gasteiger partial charge in [0.05, 0.1) is 14.2 Å². The molecule has 20 heavy (non-hydrogen) atoms. The van der Waals surface area contributed by atoms with Crippen LogP contribution >= 0.6 is 22.9 Å². The predicted octanol–water partition coefficient (Wildman–Crippen LogP) is 3.20. The molecule has 0 amide bonds. The number of ether oxygens (including phenoxy) is 2. The van der Waals surface area contributed by atoms with Crippen LogP contribution < -0.4 is 10.1 Å². The van der Waals surface area contributed by atoms with Gasteiger partial charge in [0.1, 0.15) is 5.75 Å². The van der Waals surface area contributed by atoms with Crippen molar-refractivity contribution in [3.63, 3.8) is 0 Å². The van der Waals surface area contributed by atoms with E-state index in [0.29, 0.717) is 16.6 Å². The number of carbonyl (C=O) groups is 1. The van der Waals surface area contributed by atoms with Gasteiger partial charge in [0, 0.05) is 6.54 Å². The third kappa shape index (κ3) is 3.40. The Bertz CT molecular complexity index is 598. The Kier molecular flexibility index (Phi) is 4.81. The van der Waals surface area contributed by atoms with Crippen molar-refractivity contribution < 1.29 is 14.3 Å². The second-order valence-electron chi connectivity index (χ2n) is 3.83. The molecule has 1 aromatic heterocycles. The summed E-state index contributed by atoms with van der Waals surface area (Å²) >= 11 is 7.05. The molecular weight excluding hydrogens is 300 g/mol. The molecule has 7 heteroatoms. The molecule has 0 unspecified atom stereocenters. The maximum absolute atomic E-state index is 11.4. The van der Waals surface area contributed by atoms with Gasteiger partial charge in [0.2, 0.25) is 0 Å². The number of thiazole rings is 1. The average molecular weight is 313 g/mol. The van der Waals surface area contributed by atoms with Crippen LogP contribution in [-0.2, 0) is 11.3 Å². The number of hydrogen-bond donors (Lipinski definition) is 1. The maximum Gasteiger partial charge on any atom is 0.351 e. The molecule has 2 rings (SSSR count). The smallest absolute Gasteiger partial charge is 0.351 e. The van der Waals surface area contributed by atoms with E-state index in [9.17, 15) is 4.79 Å². The number of aromatic nitrogens is 1. The van der Waals surface area contributed by atoms with Crippen LogP contribution in [0.3, 0.4) is 0 Å². The summed E-state index contributed by atoms with van der Waals surface area (Å²) < 4.78 is 9.71. The molecule has 0 bridgehead atoms. The van der Waals surface area contributed by atoms with E-state index in [1.165, 1.54) is 18.4 Å². The lowest BCUT2D eigenvalue weighted by molar-refractivity contribution is 0.0606. The van der Waals surface area contributed by atoms with E-state index < -0.39 is 5.97 Å². The molecule has 0 aliphatic carbocycles. The summed E-state index contributed by atoms with van der Waals surface area (Å²) in [5.41, 5.74) is 1.07. The number of benzene rings is 1. The van der Waals surface area contributed by atoms with E-state index in [1.54, 1.807) is 7.11 Å². The molecule has 0 radical (unpaired) electrons. The summed E-state index contributed by atoms with van der Waals surface area (Å²) in [6, 6.07) is 7.65. The molecule has 0 fully saturated rings. The minimum absolute atomic E-state index is 0.152. The fraction of sp³-hybridized carbons (Fsp3) is 0.231. The topological polar surface area (TPSA) is 60.5 Å². The van der Waals surface area contributed by atoms with Crippen LogP contribution in [0.1, 0.15) is 15.2 Å². The molecular formula is C13H13ClN2O3S. The Morgan fingerprint density at radius 2 is 2.05 bits per heavy atom. The summed E-state index contributed by atoms with van der Waals surface area (Å²) in [7, 11) is 2.93. The number of anilines is 1. The van der Waals surface area contributed by atoms with Crippen molar-refractivity contribution in [1.29, 1.82) is 0 Å². The fourth-order valence-electron chi connectivity index (χ4n) is 1.52. The van der Waals surface area contributed by atoms with Crippen LogP contribution in [-0.4, -0.2) is 25.2 Å². The van der Waals surface area contributed by atoms with E-state index >= 15 is 0 Å². The molecule has 0 aliphatic rings. The van der Waals surface area contributed by atoms with Crippen LogP contribution in [0.25, 0.3) is 0 Å². The first-order valence-electron chi connectivity index (χ1n) is 5.75. The van der Waals surface area contributed by atoms with Gasteiger partial charge < -0.3 is 14.8 Å². The molecule has 106 valence electrons. The lowest BCUT2D eigenvalue weighted by atomic mass is 10.2. The first-order valence-corrected chi connectivity index (χ1v) is 6.95. The van der Waals surface area contributed by atoms with Crippen LogP contribution in [0.5, 0.6) is 5.75 Å². The second-order valence-corrected chi connectivity index (χ2v) is 5.19. The number of rotatable bonds is 5. The van der Waals surface area contributed by atoms with Gasteiger partial charge >= 0.3 is 5.97 Å². The summed E-state index contributed by atoms with van der Waals surface area (Å²) in [6.45, 7) is 0.578. The molecule has 5 nitrogen and oxygen atoms in total. The zero-order valence-electron chi connectivity index (χ0n) is 11.0. The van der Waals surface area contributed by atoms with Gasteiger partial charge in [0.15, 0.2) is 15.2 Å². The molecule has 1 N–H and O–H groups in total. The number of nitrogens with zero attached hydrogens (tertiary/aromatic N) is 1. The molecule has 0 aliphatic heterocycles. The normalized spacial score (nSPS) is 10.2.